The second-order valence-electron chi connectivity index (χ2n) is 4.22. The van der Waals surface area contributed by atoms with Gasteiger partial charge in [-0.1, -0.05) is 42.5 Å². The smallest absolute Gasteiger partial charge is 0.102 e. The monoisotopic (exact) mass is 216 g/mol. The molecule has 0 aliphatic rings. The Morgan fingerprint density at radius 3 is 2.69 bits per heavy atom. The predicted molar refractivity (Wildman–Crippen MR) is 66.1 cm³/mol. The van der Waals surface area contributed by atoms with Crippen molar-refractivity contribution in [3.63, 3.8) is 0 Å². The Balaban J connectivity index is 2.17. The highest BCUT2D eigenvalue weighted by molar-refractivity contribution is 5.85. The minimum atomic E-state index is -0.241. The zero-order valence-electron chi connectivity index (χ0n) is 9.56. The number of aliphatic hydroxyl groups is 1. The minimum absolute atomic E-state index is 0.241. The highest BCUT2D eigenvalue weighted by Gasteiger charge is 2.03. The van der Waals surface area contributed by atoms with E-state index in [9.17, 15) is 5.11 Å². The van der Waals surface area contributed by atoms with E-state index in [1.165, 1.54) is 16.3 Å². The first-order valence-corrected chi connectivity index (χ1v) is 5.74. The van der Waals surface area contributed by atoms with E-state index in [-0.39, 0.29) is 6.10 Å². The van der Waals surface area contributed by atoms with Gasteiger partial charge >= 0.3 is 0 Å². The Hall–Kier alpha value is -1.38. The molecule has 2 rings (SSSR count). The predicted octanol–water partition coefficient (Wildman–Crippen LogP) is 1.28. The molecule has 2 aromatic carbocycles. The zero-order valence-corrected chi connectivity index (χ0v) is 9.56. The lowest BCUT2D eigenvalue weighted by atomic mass is 10.0. The van der Waals surface area contributed by atoms with Crippen LogP contribution in [0, 0.1) is 0 Å². The summed E-state index contributed by atoms with van der Waals surface area (Å²) in [6.45, 7) is 3.50. The topological polar surface area (TPSA) is 36.8 Å². The molecule has 1 atom stereocenters. The highest BCUT2D eigenvalue weighted by Crippen LogP contribution is 2.17. The molecule has 2 nitrogen and oxygen atoms in total. The van der Waals surface area contributed by atoms with Gasteiger partial charge in [-0.3, -0.25) is 0 Å². The largest absolute Gasteiger partial charge is 0.388 e. The molecule has 0 bridgehead atoms. The molecule has 84 valence electrons. The Labute approximate surface area is 95.9 Å². The van der Waals surface area contributed by atoms with Crippen LogP contribution in [0.2, 0.25) is 0 Å². The van der Waals surface area contributed by atoms with Crippen molar-refractivity contribution in [3.8, 4) is 0 Å². The third-order valence-electron chi connectivity index (χ3n) is 2.75. The van der Waals surface area contributed by atoms with Gasteiger partial charge in [0.15, 0.2) is 0 Å². The van der Waals surface area contributed by atoms with Crippen molar-refractivity contribution in [1.82, 2.24) is 0 Å². The van der Waals surface area contributed by atoms with Crippen LogP contribution in [0.3, 0.4) is 0 Å². The Morgan fingerprint density at radius 1 is 1.12 bits per heavy atom. The summed E-state index contributed by atoms with van der Waals surface area (Å²) < 4.78 is 0. The van der Waals surface area contributed by atoms with Gasteiger partial charge < -0.3 is 10.4 Å². The lowest BCUT2D eigenvalue weighted by Gasteiger charge is -2.07. The van der Waals surface area contributed by atoms with Crippen molar-refractivity contribution in [2.45, 2.75) is 19.6 Å². The maximum atomic E-state index is 9.21. The van der Waals surface area contributed by atoms with Crippen molar-refractivity contribution < 1.29 is 10.4 Å². The van der Waals surface area contributed by atoms with Gasteiger partial charge in [-0.25, -0.2) is 0 Å². The van der Waals surface area contributed by atoms with Crippen molar-refractivity contribution in [1.29, 1.82) is 0 Å². The Bertz CT molecular complexity index is 460. The molecule has 0 heterocycles. The molecule has 0 spiro atoms. The SMILES string of the molecule is C[C@H](O)C[NH2+]Cc1cccc2ccccc12. The molecule has 2 heteroatoms. The summed E-state index contributed by atoms with van der Waals surface area (Å²) >= 11 is 0. The van der Waals surface area contributed by atoms with E-state index in [0.717, 1.165) is 13.1 Å². The summed E-state index contributed by atoms with van der Waals surface area (Å²) in [5.74, 6) is 0. The summed E-state index contributed by atoms with van der Waals surface area (Å²) in [6, 6.07) is 14.8. The Kier molecular flexibility index (Phi) is 3.54. The van der Waals surface area contributed by atoms with E-state index in [1.54, 1.807) is 0 Å². The van der Waals surface area contributed by atoms with Gasteiger partial charge in [0.1, 0.15) is 13.1 Å². The van der Waals surface area contributed by atoms with E-state index in [2.05, 4.69) is 47.8 Å². The van der Waals surface area contributed by atoms with Crippen LogP contribution in [0.4, 0.5) is 0 Å². The van der Waals surface area contributed by atoms with E-state index < -0.39 is 0 Å². The maximum Gasteiger partial charge on any atom is 0.102 e. The second kappa shape index (κ2) is 5.10. The summed E-state index contributed by atoms with van der Waals surface area (Å²) in [5, 5.41) is 14.0. The lowest BCUT2D eigenvalue weighted by Crippen LogP contribution is -2.84. The van der Waals surface area contributed by atoms with Gasteiger partial charge in [0.25, 0.3) is 0 Å². The maximum absolute atomic E-state index is 9.21. The third-order valence-corrected chi connectivity index (χ3v) is 2.75. The Morgan fingerprint density at radius 2 is 1.88 bits per heavy atom. The molecule has 16 heavy (non-hydrogen) atoms. The van der Waals surface area contributed by atoms with E-state index in [1.807, 2.05) is 6.92 Å². The van der Waals surface area contributed by atoms with Crippen LogP contribution in [-0.4, -0.2) is 17.8 Å². The van der Waals surface area contributed by atoms with Crippen molar-refractivity contribution in [2.75, 3.05) is 6.54 Å². The molecule has 0 aliphatic carbocycles. The summed E-state index contributed by atoms with van der Waals surface area (Å²) in [6.07, 6.45) is -0.241. The summed E-state index contributed by atoms with van der Waals surface area (Å²) in [4.78, 5) is 0. The van der Waals surface area contributed by atoms with Crippen LogP contribution in [0.15, 0.2) is 42.5 Å². The molecule has 0 fully saturated rings. The quantitative estimate of drug-likeness (QED) is 0.793. The van der Waals surface area contributed by atoms with Crippen LogP contribution in [0.1, 0.15) is 12.5 Å². The van der Waals surface area contributed by atoms with Crippen molar-refractivity contribution in [3.05, 3.63) is 48.0 Å². The molecular formula is C14H18NO+. The van der Waals surface area contributed by atoms with Gasteiger partial charge in [0, 0.05) is 5.56 Å². The first-order chi connectivity index (χ1) is 7.77. The van der Waals surface area contributed by atoms with Crippen molar-refractivity contribution >= 4 is 10.8 Å². The number of nitrogens with two attached hydrogens (primary N) is 1. The van der Waals surface area contributed by atoms with Gasteiger partial charge in [-0.05, 0) is 17.7 Å². The van der Waals surface area contributed by atoms with E-state index in [0.29, 0.717) is 0 Å². The third kappa shape index (κ3) is 2.60. The summed E-state index contributed by atoms with van der Waals surface area (Å²) in [7, 11) is 0. The van der Waals surface area contributed by atoms with Gasteiger partial charge in [0.05, 0.1) is 6.10 Å². The number of benzene rings is 2. The number of hydrogen-bond acceptors (Lipinski definition) is 1. The minimum Gasteiger partial charge on any atom is -0.388 e. The fourth-order valence-corrected chi connectivity index (χ4v) is 1.95. The molecule has 0 aromatic heterocycles. The van der Waals surface area contributed by atoms with E-state index >= 15 is 0 Å². The number of hydrogen-bond donors (Lipinski definition) is 2. The average molecular weight is 216 g/mol. The molecule has 0 radical (unpaired) electrons. The first kappa shape index (κ1) is 11.1. The van der Waals surface area contributed by atoms with Gasteiger partial charge in [0.2, 0.25) is 0 Å². The zero-order chi connectivity index (χ0) is 11.4. The molecule has 0 saturated heterocycles. The molecule has 2 aromatic rings. The average Bonchev–Trinajstić information content (AvgIpc) is 2.29. The van der Waals surface area contributed by atoms with Crippen LogP contribution in [0.5, 0.6) is 0 Å². The molecule has 0 amide bonds. The van der Waals surface area contributed by atoms with Crippen LogP contribution in [0.25, 0.3) is 10.8 Å². The van der Waals surface area contributed by atoms with Gasteiger partial charge in [-0.2, -0.15) is 0 Å². The molecule has 0 saturated carbocycles. The molecule has 0 unspecified atom stereocenters. The van der Waals surface area contributed by atoms with Crippen LogP contribution >= 0.6 is 0 Å². The number of fused-ring (bicyclic) bond motifs is 1. The molecule has 3 N–H and O–H groups in total. The standard InChI is InChI=1S/C14H17NO/c1-11(16)9-15-10-13-7-4-6-12-5-2-3-8-14(12)13/h2-8,11,15-16H,9-10H2,1H3/p+1/t11-/m0/s1. The summed E-state index contributed by atoms with van der Waals surface area (Å²) in [5.41, 5.74) is 1.33. The van der Waals surface area contributed by atoms with E-state index in [4.69, 9.17) is 0 Å². The number of quaternary nitrogens is 1. The molecule has 0 aliphatic heterocycles. The highest BCUT2D eigenvalue weighted by atomic mass is 16.3. The van der Waals surface area contributed by atoms with Gasteiger partial charge in [-0.15, -0.1) is 0 Å². The molecular weight excluding hydrogens is 198 g/mol. The van der Waals surface area contributed by atoms with Crippen LogP contribution < -0.4 is 5.32 Å². The normalized spacial score (nSPS) is 12.9. The number of rotatable bonds is 4. The fourth-order valence-electron chi connectivity index (χ4n) is 1.95. The van der Waals surface area contributed by atoms with Crippen molar-refractivity contribution in [2.24, 2.45) is 0 Å². The van der Waals surface area contributed by atoms with Crippen LogP contribution in [-0.2, 0) is 6.54 Å². The second-order valence-corrected chi connectivity index (χ2v) is 4.22. The fraction of sp³-hybridized carbons (Fsp3) is 0.286. The lowest BCUT2D eigenvalue weighted by molar-refractivity contribution is -0.675. The first-order valence-electron chi connectivity index (χ1n) is 5.74. The number of aliphatic hydroxyl groups excluding tert-OH is 1.